The molecule has 1 aromatic carbocycles. The number of nitrogens with one attached hydrogen (secondary N) is 1. The Morgan fingerprint density at radius 3 is 2.85 bits per heavy atom. The Morgan fingerprint density at radius 2 is 2.15 bits per heavy atom. The molecule has 0 aromatic heterocycles. The number of hydrogen-bond donors (Lipinski definition) is 2. The number of ether oxygens (including phenoxy) is 1. The summed E-state index contributed by atoms with van der Waals surface area (Å²) in [6, 6.07) is 5.74. The molecule has 2 N–H and O–H groups in total. The van der Waals surface area contributed by atoms with Crippen LogP contribution in [0.5, 0.6) is 5.75 Å². The molecule has 2 rings (SSSR count). The molecule has 1 amide bonds. The van der Waals surface area contributed by atoms with Gasteiger partial charge in [-0.05, 0) is 48.9 Å². The lowest BCUT2D eigenvalue weighted by Gasteiger charge is -2.17. The predicted octanol–water partition coefficient (Wildman–Crippen LogP) is 4.41. The van der Waals surface area contributed by atoms with Crippen molar-refractivity contribution in [1.82, 2.24) is 5.32 Å². The zero-order valence-corrected chi connectivity index (χ0v) is 16.7. The van der Waals surface area contributed by atoms with E-state index >= 15 is 0 Å². The predicted molar refractivity (Wildman–Crippen MR) is 106 cm³/mol. The van der Waals surface area contributed by atoms with E-state index in [1.165, 1.54) is 0 Å². The van der Waals surface area contributed by atoms with Crippen LogP contribution in [0.4, 0.5) is 0 Å². The molecule has 148 valence electrons. The van der Waals surface area contributed by atoms with Gasteiger partial charge in [0.15, 0.2) is 0 Å². The minimum Gasteiger partial charge on any atom is -0.493 e. The van der Waals surface area contributed by atoms with Gasteiger partial charge in [-0.25, -0.2) is 0 Å². The van der Waals surface area contributed by atoms with E-state index < -0.39 is 5.97 Å². The number of carboxylic acid groups (broad SMARTS) is 1. The van der Waals surface area contributed by atoms with Gasteiger partial charge in [-0.15, -0.1) is 0 Å². The number of aliphatic carboxylic acids is 1. The monoisotopic (exact) mass is 393 g/mol. The molecule has 0 unspecified atom stereocenters. The lowest BCUT2D eigenvalue weighted by atomic mass is 9.92. The summed E-state index contributed by atoms with van der Waals surface area (Å²) in [7, 11) is 0. The van der Waals surface area contributed by atoms with Gasteiger partial charge in [-0.3, -0.25) is 9.59 Å². The van der Waals surface area contributed by atoms with Crippen LogP contribution in [0.25, 0.3) is 0 Å². The zero-order chi connectivity index (χ0) is 19.8. The molecule has 0 aliphatic carbocycles. The van der Waals surface area contributed by atoms with Gasteiger partial charge in [-0.1, -0.05) is 37.6 Å². The van der Waals surface area contributed by atoms with E-state index in [4.69, 9.17) is 21.4 Å². The van der Waals surface area contributed by atoms with Crippen molar-refractivity contribution in [3.63, 3.8) is 0 Å². The summed E-state index contributed by atoms with van der Waals surface area (Å²) in [4.78, 5) is 22.6. The van der Waals surface area contributed by atoms with E-state index in [1.54, 1.807) is 6.07 Å². The number of carbonyl (C=O) groups is 2. The average molecular weight is 394 g/mol. The van der Waals surface area contributed by atoms with Gasteiger partial charge in [0.25, 0.3) is 0 Å². The molecule has 0 spiro atoms. The highest BCUT2D eigenvalue weighted by atomic mass is 35.5. The maximum atomic E-state index is 12.1. The lowest BCUT2D eigenvalue weighted by Crippen LogP contribution is -2.22. The lowest BCUT2D eigenvalue weighted by molar-refractivity contribution is -0.137. The smallest absolute Gasteiger partial charge is 0.303 e. The Morgan fingerprint density at radius 1 is 1.37 bits per heavy atom. The van der Waals surface area contributed by atoms with Crippen LogP contribution >= 0.6 is 11.6 Å². The fourth-order valence-electron chi connectivity index (χ4n) is 3.13. The summed E-state index contributed by atoms with van der Waals surface area (Å²) in [5.41, 5.74) is 1.12. The van der Waals surface area contributed by atoms with Crippen LogP contribution in [0.15, 0.2) is 30.4 Å². The number of amides is 1. The van der Waals surface area contributed by atoms with Crippen molar-refractivity contribution in [2.45, 2.75) is 45.4 Å². The summed E-state index contributed by atoms with van der Waals surface area (Å²) < 4.78 is 5.95. The highest BCUT2D eigenvalue weighted by Crippen LogP contribution is 2.28. The standard InChI is InChI=1S/C21H28ClNO4/c1-14(2)15-9-17(22)11-18(10-15)27-13-16-12-23-21(26)19(16)7-5-3-4-6-8-20(24)25/h3,5,9-11,14,16,19H,4,6-8,12-13H2,1-2H3,(H,23,26)(H,24,25)/t16-,19-/m1/s1. The van der Waals surface area contributed by atoms with E-state index in [0.717, 1.165) is 11.3 Å². The summed E-state index contributed by atoms with van der Waals surface area (Å²) in [5, 5.41) is 12.2. The molecule has 6 heteroatoms. The third-order valence-corrected chi connectivity index (χ3v) is 5.00. The summed E-state index contributed by atoms with van der Waals surface area (Å²) >= 11 is 6.18. The average Bonchev–Trinajstić information content (AvgIpc) is 2.95. The number of benzene rings is 1. The number of halogens is 1. The summed E-state index contributed by atoms with van der Waals surface area (Å²) in [5.74, 6) is 0.339. The normalized spacial score (nSPS) is 19.6. The third kappa shape index (κ3) is 6.90. The van der Waals surface area contributed by atoms with Gasteiger partial charge >= 0.3 is 5.97 Å². The second-order valence-corrected chi connectivity index (χ2v) is 7.73. The Labute approximate surface area is 165 Å². The Hall–Kier alpha value is -2.01. The summed E-state index contributed by atoms with van der Waals surface area (Å²) in [6.45, 7) is 5.27. The van der Waals surface area contributed by atoms with Gasteiger partial charge in [0.05, 0.1) is 6.61 Å². The molecule has 27 heavy (non-hydrogen) atoms. The molecule has 1 aliphatic rings. The number of carbonyl (C=O) groups excluding carboxylic acids is 1. The molecule has 1 aliphatic heterocycles. The number of carboxylic acids is 1. The van der Waals surface area contributed by atoms with Crippen LogP contribution in [0.2, 0.25) is 5.02 Å². The number of rotatable bonds is 10. The highest BCUT2D eigenvalue weighted by Gasteiger charge is 2.34. The van der Waals surface area contributed by atoms with E-state index in [0.29, 0.717) is 43.4 Å². The number of unbranched alkanes of at least 4 members (excludes halogenated alkanes) is 1. The highest BCUT2D eigenvalue weighted by molar-refractivity contribution is 6.30. The summed E-state index contributed by atoms with van der Waals surface area (Å²) in [6.07, 6.45) is 6.06. The van der Waals surface area contributed by atoms with Crippen molar-refractivity contribution < 1.29 is 19.4 Å². The molecule has 0 bridgehead atoms. The largest absolute Gasteiger partial charge is 0.493 e. The first kappa shape index (κ1) is 21.3. The first-order valence-corrected chi connectivity index (χ1v) is 9.82. The third-order valence-electron chi connectivity index (χ3n) is 4.79. The van der Waals surface area contributed by atoms with Gasteiger partial charge in [-0.2, -0.15) is 0 Å². The van der Waals surface area contributed by atoms with Crippen LogP contribution in [-0.2, 0) is 9.59 Å². The van der Waals surface area contributed by atoms with Crippen LogP contribution in [0.3, 0.4) is 0 Å². The van der Waals surface area contributed by atoms with Crippen LogP contribution < -0.4 is 10.1 Å². The van der Waals surface area contributed by atoms with E-state index in [1.807, 2.05) is 24.3 Å². The first-order valence-electron chi connectivity index (χ1n) is 9.44. The quantitative estimate of drug-likeness (QED) is 0.456. The molecule has 1 heterocycles. The second kappa shape index (κ2) is 10.4. The van der Waals surface area contributed by atoms with Crippen LogP contribution in [0, 0.1) is 11.8 Å². The van der Waals surface area contributed by atoms with Crippen molar-refractivity contribution in [2.75, 3.05) is 13.2 Å². The van der Waals surface area contributed by atoms with Crippen molar-refractivity contribution >= 4 is 23.5 Å². The minimum atomic E-state index is -0.780. The maximum Gasteiger partial charge on any atom is 0.303 e. The van der Waals surface area contributed by atoms with Crippen molar-refractivity contribution in [2.24, 2.45) is 11.8 Å². The molecule has 1 fully saturated rings. The Kier molecular flexibility index (Phi) is 8.17. The Balaban J connectivity index is 1.87. The van der Waals surface area contributed by atoms with Gasteiger partial charge in [0, 0.05) is 29.8 Å². The fraction of sp³-hybridized carbons (Fsp3) is 0.524. The van der Waals surface area contributed by atoms with Gasteiger partial charge in [0.2, 0.25) is 5.91 Å². The molecule has 0 radical (unpaired) electrons. The zero-order valence-electron chi connectivity index (χ0n) is 15.9. The first-order chi connectivity index (χ1) is 12.9. The SMILES string of the molecule is CC(C)c1cc(Cl)cc(OC[C@H]2CNC(=O)[C@@H]2CC=CCCCC(=O)O)c1. The van der Waals surface area contributed by atoms with E-state index in [-0.39, 0.29) is 24.2 Å². The molecule has 0 saturated carbocycles. The van der Waals surface area contributed by atoms with Crippen LogP contribution in [0.1, 0.15) is 51.0 Å². The molecule has 1 saturated heterocycles. The molecule has 5 nitrogen and oxygen atoms in total. The van der Waals surface area contributed by atoms with Gasteiger partial charge < -0.3 is 15.2 Å². The van der Waals surface area contributed by atoms with Crippen molar-refractivity contribution in [3.8, 4) is 5.75 Å². The maximum absolute atomic E-state index is 12.1. The number of allylic oxidation sites excluding steroid dienone is 2. The molecular weight excluding hydrogens is 366 g/mol. The molecule has 2 atom stereocenters. The molecular formula is C21H28ClNO4. The topological polar surface area (TPSA) is 75.6 Å². The van der Waals surface area contributed by atoms with E-state index in [9.17, 15) is 9.59 Å². The van der Waals surface area contributed by atoms with Crippen molar-refractivity contribution in [1.29, 1.82) is 0 Å². The van der Waals surface area contributed by atoms with E-state index in [2.05, 4.69) is 19.2 Å². The fourth-order valence-corrected chi connectivity index (χ4v) is 3.36. The van der Waals surface area contributed by atoms with Crippen LogP contribution in [-0.4, -0.2) is 30.1 Å². The van der Waals surface area contributed by atoms with Crippen molar-refractivity contribution in [3.05, 3.63) is 40.9 Å². The van der Waals surface area contributed by atoms with Gasteiger partial charge in [0.1, 0.15) is 5.75 Å². The Bertz CT molecular complexity index is 687. The minimum absolute atomic E-state index is 0.0488. The molecule has 1 aromatic rings. The second-order valence-electron chi connectivity index (χ2n) is 7.29. The number of hydrogen-bond acceptors (Lipinski definition) is 3.